The molecule has 0 aliphatic rings. The Hall–Kier alpha value is -3.69. The lowest BCUT2D eigenvalue weighted by Gasteiger charge is -2.09. The van der Waals surface area contributed by atoms with Crippen LogP contribution in [0.5, 0.6) is 0 Å². The van der Waals surface area contributed by atoms with E-state index in [0.717, 1.165) is 27.3 Å². The number of hydrogen-bond acceptors (Lipinski definition) is 7. The van der Waals surface area contributed by atoms with Gasteiger partial charge in [0.2, 0.25) is 0 Å². The Morgan fingerprint density at radius 1 is 1.18 bits per heavy atom. The van der Waals surface area contributed by atoms with E-state index in [2.05, 4.69) is 10.6 Å². The van der Waals surface area contributed by atoms with Gasteiger partial charge in [0.25, 0.3) is 5.91 Å². The van der Waals surface area contributed by atoms with Crippen LogP contribution < -0.4 is 16.4 Å². The average molecular weight is 464 g/mol. The van der Waals surface area contributed by atoms with Gasteiger partial charge in [-0.25, -0.2) is 4.98 Å². The summed E-state index contributed by atoms with van der Waals surface area (Å²) in [4.78, 5) is 30.3. The first kappa shape index (κ1) is 22.5. The molecule has 0 spiro atoms. The summed E-state index contributed by atoms with van der Waals surface area (Å²) in [6.07, 6.45) is 1.78. The Kier molecular flexibility index (Phi) is 6.71. The lowest BCUT2D eigenvalue weighted by atomic mass is 10.1. The van der Waals surface area contributed by atoms with E-state index in [0.29, 0.717) is 30.1 Å². The molecule has 0 radical (unpaired) electrons. The summed E-state index contributed by atoms with van der Waals surface area (Å²) < 4.78 is 6.59. The van der Waals surface area contributed by atoms with Crippen LogP contribution in [-0.4, -0.2) is 34.9 Å². The third-order valence-electron chi connectivity index (χ3n) is 5.27. The van der Waals surface area contributed by atoms with Crippen molar-refractivity contribution in [2.45, 2.75) is 20.0 Å². The van der Waals surface area contributed by atoms with Crippen LogP contribution in [0.3, 0.4) is 0 Å². The van der Waals surface area contributed by atoms with Gasteiger partial charge in [0.1, 0.15) is 23.7 Å². The van der Waals surface area contributed by atoms with Crippen molar-refractivity contribution in [1.82, 2.24) is 14.7 Å². The van der Waals surface area contributed by atoms with Gasteiger partial charge in [0, 0.05) is 24.8 Å². The van der Waals surface area contributed by atoms with Crippen LogP contribution in [-0.2, 0) is 22.6 Å². The SMILES string of the molecule is COC(=O)CNc1c(-c2sccc2C)nc2cc(C(=O)NCc3cccc(CN)c3)ccn12. The number of carbonyl (C=O) groups is 2. The van der Waals surface area contributed by atoms with E-state index >= 15 is 0 Å². The highest BCUT2D eigenvalue weighted by atomic mass is 32.1. The molecule has 0 unspecified atom stereocenters. The number of nitrogens with two attached hydrogens (primary N) is 1. The summed E-state index contributed by atoms with van der Waals surface area (Å²) in [6, 6.07) is 13.3. The molecule has 0 aliphatic heterocycles. The number of aromatic nitrogens is 2. The quantitative estimate of drug-likeness (QED) is 0.346. The molecule has 4 N–H and O–H groups in total. The first-order valence-corrected chi connectivity index (χ1v) is 11.3. The molecule has 3 heterocycles. The normalized spacial score (nSPS) is 10.9. The smallest absolute Gasteiger partial charge is 0.325 e. The van der Waals surface area contributed by atoms with Crippen LogP contribution in [0.1, 0.15) is 27.0 Å². The topological polar surface area (TPSA) is 111 Å². The number of aryl methyl sites for hydroxylation is 1. The van der Waals surface area contributed by atoms with E-state index in [1.807, 2.05) is 47.0 Å². The summed E-state index contributed by atoms with van der Waals surface area (Å²) in [5, 5.41) is 8.07. The van der Waals surface area contributed by atoms with Crippen LogP contribution in [0.15, 0.2) is 54.0 Å². The Labute approximate surface area is 195 Å². The Bertz CT molecular complexity index is 1310. The molecular formula is C24H25N5O3S. The maximum absolute atomic E-state index is 12.8. The van der Waals surface area contributed by atoms with Crippen LogP contribution in [0.2, 0.25) is 0 Å². The molecule has 0 bridgehead atoms. The average Bonchev–Trinajstić information content (AvgIpc) is 3.43. The number of fused-ring (bicyclic) bond motifs is 1. The number of ether oxygens (including phenoxy) is 1. The van der Waals surface area contributed by atoms with Crippen molar-refractivity contribution in [3.63, 3.8) is 0 Å². The van der Waals surface area contributed by atoms with Crippen molar-refractivity contribution >= 4 is 34.7 Å². The zero-order valence-corrected chi connectivity index (χ0v) is 19.2. The van der Waals surface area contributed by atoms with Crippen molar-refractivity contribution in [2.75, 3.05) is 19.0 Å². The number of imidazole rings is 1. The number of carbonyl (C=O) groups excluding carboxylic acids is 2. The number of amides is 1. The predicted octanol–water partition coefficient (Wildman–Crippen LogP) is 3.34. The predicted molar refractivity (Wildman–Crippen MR) is 129 cm³/mol. The van der Waals surface area contributed by atoms with Crippen molar-refractivity contribution < 1.29 is 14.3 Å². The second kappa shape index (κ2) is 9.85. The molecule has 170 valence electrons. The Morgan fingerprint density at radius 3 is 2.73 bits per heavy atom. The minimum atomic E-state index is -0.381. The molecule has 0 aliphatic carbocycles. The van der Waals surface area contributed by atoms with Gasteiger partial charge < -0.3 is 21.1 Å². The largest absolute Gasteiger partial charge is 0.468 e. The molecule has 3 aromatic heterocycles. The van der Waals surface area contributed by atoms with Gasteiger partial charge in [0.05, 0.1) is 12.0 Å². The number of esters is 1. The van der Waals surface area contributed by atoms with Crippen molar-refractivity contribution in [3.8, 4) is 10.6 Å². The fraction of sp³-hybridized carbons (Fsp3) is 0.208. The molecule has 1 amide bonds. The molecule has 4 aromatic rings. The van der Waals surface area contributed by atoms with E-state index in [9.17, 15) is 9.59 Å². The Balaban J connectivity index is 1.61. The van der Waals surface area contributed by atoms with Crippen LogP contribution in [0.25, 0.3) is 16.2 Å². The lowest BCUT2D eigenvalue weighted by Crippen LogP contribution is -2.23. The molecule has 33 heavy (non-hydrogen) atoms. The minimum Gasteiger partial charge on any atom is -0.468 e. The van der Waals surface area contributed by atoms with Gasteiger partial charge in [-0.1, -0.05) is 24.3 Å². The van der Waals surface area contributed by atoms with Crippen molar-refractivity contribution in [2.24, 2.45) is 5.73 Å². The minimum absolute atomic E-state index is 0.00577. The molecule has 8 nitrogen and oxygen atoms in total. The van der Waals surface area contributed by atoms with Gasteiger partial charge in [-0.05, 0) is 47.2 Å². The number of anilines is 1. The van der Waals surface area contributed by atoms with Crippen molar-refractivity contribution in [1.29, 1.82) is 0 Å². The standard InChI is InChI=1S/C24H25N5O3S/c1-15-7-9-33-22(15)21-23(26-14-20(30)32-2)29-8-6-18(11-19(29)28-21)24(31)27-13-17-5-3-4-16(10-17)12-25/h3-11,26H,12-14,25H2,1-2H3,(H,27,31). The molecule has 0 atom stereocenters. The van der Waals surface area contributed by atoms with E-state index in [-0.39, 0.29) is 18.4 Å². The van der Waals surface area contributed by atoms with E-state index in [4.69, 9.17) is 15.5 Å². The zero-order valence-electron chi connectivity index (χ0n) is 18.4. The number of pyridine rings is 1. The first-order chi connectivity index (χ1) is 16.0. The summed E-state index contributed by atoms with van der Waals surface area (Å²) in [6.45, 7) is 2.87. The highest BCUT2D eigenvalue weighted by molar-refractivity contribution is 7.13. The number of nitrogens with zero attached hydrogens (tertiary/aromatic N) is 2. The first-order valence-electron chi connectivity index (χ1n) is 10.4. The molecule has 4 rings (SSSR count). The number of thiophene rings is 1. The number of methoxy groups -OCH3 is 1. The Morgan fingerprint density at radius 2 is 2.00 bits per heavy atom. The van der Waals surface area contributed by atoms with Crippen molar-refractivity contribution in [3.05, 3.63) is 76.3 Å². The summed E-state index contributed by atoms with van der Waals surface area (Å²) >= 11 is 1.57. The summed E-state index contributed by atoms with van der Waals surface area (Å²) in [5.41, 5.74) is 10.6. The molecule has 9 heteroatoms. The van der Waals surface area contributed by atoms with E-state index < -0.39 is 0 Å². The van der Waals surface area contributed by atoms with Gasteiger partial charge in [-0.3, -0.25) is 14.0 Å². The van der Waals surface area contributed by atoms with Crippen LogP contribution in [0.4, 0.5) is 5.82 Å². The number of nitrogens with one attached hydrogen (secondary N) is 2. The summed E-state index contributed by atoms with van der Waals surface area (Å²) in [7, 11) is 1.35. The monoisotopic (exact) mass is 463 g/mol. The maximum Gasteiger partial charge on any atom is 0.325 e. The zero-order chi connectivity index (χ0) is 23.4. The van der Waals surface area contributed by atoms with Crippen LogP contribution >= 0.6 is 11.3 Å². The summed E-state index contributed by atoms with van der Waals surface area (Å²) in [5.74, 6) is 0.0941. The number of benzene rings is 1. The van der Waals surface area contributed by atoms with Gasteiger partial charge >= 0.3 is 5.97 Å². The molecule has 1 aromatic carbocycles. The molecule has 0 saturated heterocycles. The third kappa shape index (κ3) is 4.89. The molecule has 0 saturated carbocycles. The van der Waals surface area contributed by atoms with E-state index in [1.165, 1.54) is 7.11 Å². The highest BCUT2D eigenvalue weighted by Crippen LogP contribution is 2.35. The van der Waals surface area contributed by atoms with Gasteiger partial charge in [-0.2, -0.15) is 0 Å². The van der Waals surface area contributed by atoms with Gasteiger partial charge in [-0.15, -0.1) is 11.3 Å². The second-order valence-corrected chi connectivity index (χ2v) is 8.44. The third-order valence-corrected chi connectivity index (χ3v) is 6.30. The van der Waals surface area contributed by atoms with E-state index in [1.54, 1.807) is 29.7 Å². The highest BCUT2D eigenvalue weighted by Gasteiger charge is 2.19. The fourth-order valence-corrected chi connectivity index (χ4v) is 4.42. The van der Waals surface area contributed by atoms with Crippen LogP contribution in [0, 0.1) is 6.92 Å². The second-order valence-electron chi connectivity index (χ2n) is 7.52. The number of rotatable bonds is 8. The number of hydrogen-bond donors (Lipinski definition) is 3. The maximum atomic E-state index is 12.8. The molecule has 0 fully saturated rings. The fourth-order valence-electron chi connectivity index (χ4n) is 3.51. The van der Waals surface area contributed by atoms with Gasteiger partial charge in [0.15, 0.2) is 0 Å². The molecular weight excluding hydrogens is 438 g/mol. The lowest BCUT2D eigenvalue weighted by molar-refractivity contribution is -0.138.